The van der Waals surface area contributed by atoms with Crippen molar-refractivity contribution in [2.75, 3.05) is 0 Å². The molecule has 0 saturated heterocycles. The van der Waals surface area contributed by atoms with Gasteiger partial charge in [0.1, 0.15) is 0 Å². The number of nitrogens with two attached hydrogens (primary N) is 1. The average molecular weight is 201 g/mol. The summed E-state index contributed by atoms with van der Waals surface area (Å²) < 4.78 is 0. The van der Waals surface area contributed by atoms with Crippen molar-refractivity contribution in [1.29, 1.82) is 0 Å². The molecule has 1 unspecified atom stereocenters. The first kappa shape index (κ1) is 9.41. The van der Waals surface area contributed by atoms with Crippen molar-refractivity contribution in [1.82, 2.24) is 0 Å². The molecule has 3 rings (SSSR count). The van der Waals surface area contributed by atoms with Crippen molar-refractivity contribution >= 4 is 0 Å². The van der Waals surface area contributed by atoms with Gasteiger partial charge in [0, 0.05) is 5.54 Å². The first-order valence-electron chi connectivity index (χ1n) is 6.03. The van der Waals surface area contributed by atoms with Crippen LogP contribution in [0.15, 0.2) is 24.3 Å². The average Bonchev–Trinajstić information content (AvgIpc) is 2.75. The van der Waals surface area contributed by atoms with Gasteiger partial charge in [0.2, 0.25) is 0 Å². The van der Waals surface area contributed by atoms with E-state index in [1.165, 1.54) is 43.2 Å². The van der Waals surface area contributed by atoms with Gasteiger partial charge in [-0.25, -0.2) is 0 Å². The lowest BCUT2D eigenvalue weighted by Gasteiger charge is -2.38. The van der Waals surface area contributed by atoms with Crippen molar-refractivity contribution in [2.24, 2.45) is 11.1 Å². The molecule has 2 aliphatic rings. The van der Waals surface area contributed by atoms with Crippen molar-refractivity contribution in [2.45, 2.75) is 44.6 Å². The smallest absolute Gasteiger partial charge is 0.0444 e. The van der Waals surface area contributed by atoms with Crippen LogP contribution in [0, 0.1) is 5.41 Å². The molecule has 0 bridgehead atoms. The number of hydrogen-bond donors (Lipinski definition) is 1. The van der Waals surface area contributed by atoms with E-state index in [1.807, 2.05) is 0 Å². The lowest BCUT2D eigenvalue weighted by Crippen LogP contribution is -2.46. The van der Waals surface area contributed by atoms with Crippen LogP contribution in [-0.4, -0.2) is 0 Å². The van der Waals surface area contributed by atoms with E-state index in [0.29, 0.717) is 5.41 Å². The Labute approximate surface area is 91.7 Å². The predicted molar refractivity (Wildman–Crippen MR) is 62.6 cm³/mol. The van der Waals surface area contributed by atoms with Crippen molar-refractivity contribution in [3.63, 3.8) is 0 Å². The maximum atomic E-state index is 6.63. The SMILES string of the molecule is CC1(N)c2ccccc2CC12CCCC2. The number of fused-ring (bicyclic) bond motifs is 1. The van der Waals surface area contributed by atoms with Crippen LogP contribution in [0.3, 0.4) is 0 Å². The maximum Gasteiger partial charge on any atom is 0.0444 e. The summed E-state index contributed by atoms with van der Waals surface area (Å²) in [7, 11) is 0. The third-order valence-electron chi connectivity index (χ3n) is 4.77. The van der Waals surface area contributed by atoms with E-state index in [1.54, 1.807) is 0 Å². The molecular weight excluding hydrogens is 182 g/mol. The molecule has 1 nitrogen and oxygen atoms in total. The van der Waals surface area contributed by atoms with Gasteiger partial charge in [-0.15, -0.1) is 0 Å². The summed E-state index contributed by atoms with van der Waals surface area (Å²) in [6, 6.07) is 8.75. The van der Waals surface area contributed by atoms with Crippen LogP contribution in [0.5, 0.6) is 0 Å². The zero-order valence-corrected chi connectivity index (χ0v) is 9.42. The topological polar surface area (TPSA) is 26.0 Å². The monoisotopic (exact) mass is 201 g/mol. The molecule has 2 N–H and O–H groups in total. The van der Waals surface area contributed by atoms with Crippen molar-refractivity contribution in [3.8, 4) is 0 Å². The Morgan fingerprint density at radius 3 is 2.47 bits per heavy atom. The molecule has 80 valence electrons. The molecule has 1 spiro atoms. The first-order chi connectivity index (χ1) is 7.16. The molecule has 2 aliphatic carbocycles. The molecule has 1 fully saturated rings. The highest BCUT2D eigenvalue weighted by Crippen LogP contribution is 2.57. The molecule has 1 aromatic carbocycles. The molecule has 0 heterocycles. The Balaban J connectivity index is 2.13. The van der Waals surface area contributed by atoms with E-state index in [4.69, 9.17) is 5.73 Å². The molecule has 1 atom stereocenters. The lowest BCUT2D eigenvalue weighted by atomic mass is 9.70. The molecule has 1 saturated carbocycles. The highest BCUT2D eigenvalue weighted by Gasteiger charge is 2.53. The zero-order valence-electron chi connectivity index (χ0n) is 9.42. The molecule has 0 radical (unpaired) electrons. The molecule has 1 aromatic rings. The Bertz CT molecular complexity index is 386. The Kier molecular flexibility index (Phi) is 1.79. The van der Waals surface area contributed by atoms with Gasteiger partial charge >= 0.3 is 0 Å². The minimum Gasteiger partial charge on any atom is -0.321 e. The molecule has 1 heteroatoms. The summed E-state index contributed by atoms with van der Waals surface area (Å²) in [4.78, 5) is 0. The zero-order chi connectivity index (χ0) is 10.5. The predicted octanol–water partition coefficient (Wildman–Crippen LogP) is 2.98. The normalized spacial score (nSPS) is 32.1. The van der Waals surface area contributed by atoms with Crippen LogP contribution >= 0.6 is 0 Å². The fourth-order valence-electron chi connectivity index (χ4n) is 3.76. The van der Waals surface area contributed by atoms with Crippen LogP contribution in [0.2, 0.25) is 0 Å². The second-order valence-corrected chi connectivity index (χ2v) is 5.52. The van der Waals surface area contributed by atoms with E-state index in [9.17, 15) is 0 Å². The third kappa shape index (κ3) is 1.07. The second kappa shape index (κ2) is 2.85. The second-order valence-electron chi connectivity index (χ2n) is 5.52. The third-order valence-corrected chi connectivity index (χ3v) is 4.77. The van der Waals surface area contributed by atoms with Crippen LogP contribution in [0.25, 0.3) is 0 Å². The van der Waals surface area contributed by atoms with Gasteiger partial charge in [0.15, 0.2) is 0 Å². The fourth-order valence-corrected chi connectivity index (χ4v) is 3.76. The van der Waals surface area contributed by atoms with Crippen LogP contribution in [-0.2, 0) is 12.0 Å². The van der Waals surface area contributed by atoms with Gasteiger partial charge in [-0.2, -0.15) is 0 Å². The summed E-state index contributed by atoms with van der Waals surface area (Å²) in [5.41, 5.74) is 9.79. The van der Waals surface area contributed by atoms with Gasteiger partial charge in [-0.3, -0.25) is 0 Å². The van der Waals surface area contributed by atoms with Crippen molar-refractivity contribution < 1.29 is 0 Å². The summed E-state index contributed by atoms with van der Waals surface area (Å²) in [5.74, 6) is 0. The summed E-state index contributed by atoms with van der Waals surface area (Å²) in [6.07, 6.45) is 6.56. The number of hydrogen-bond acceptors (Lipinski definition) is 1. The Morgan fingerprint density at radius 2 is 1.80 bits per heavy atom. The quantitative estimate of drug-likeness (QED) is 0.686. The maximum absolute atomic E-state index is 6.63. The largest absolute Gasteiger partial charge is 0.321 e. The molecular formula is C14H19N. The highest BCUT2D eigenvalue weighted by molar-refractivity contribution is 5.42. The molecule has 0 aromatic heterocycles. The standard InChI is InChI=1S/C14H19N/c1-13(15)12-7-3-2-6-11(12)10-14(13)8-4-5-9-14/h2-3,6-7H,4-5,8-10,15H2,1H3. The van der Waals surface area contributed by atoms with E-state index < -0.39 is 0 Å². The molecule has 0 amide bonds. The minimum atomic E-state index is -0.0971. The summed E-state index contributed by atoms with van der Waals surface area (Å²) in [6.45, 7) is 2.24. The Morgan fingerprint density at radius 1 is 1.13 bits per heavy atom. The van der Waals surface area contributed by atoms with Gasteiger partial charge in [-0.05, 0) is 42.7 Å². The minimum absolute atomic E-state index is 0.0971. The highest BCUT2D eigenvalue weighted by atomic mass is 14.8. The van der Waals surface area contributed by atoms with E-state index >= 15 is 0 Å². The molecule has 15 heavy (non-hydrogen) atoms. The van der Waals surface area contributed by atoms with Gasteiger partial charge in [0.25, 0.3) is 0 Å². The van der Waals surface area contributed by atoms with Crippen LogP contribution in [0.4, 0.5) is 0 Å². The van der Waals surface area contributed by atoms with E-state index in [2.05, 4.69) is 31.2 Å². The number of rotatable bonds is 0. The molecule has 0 aliphatic heterocycles. The number of benzene rings is 1. The van der Waals surface area contributed by atoms with Crippen molar-refractivity contribution in [3.05, 3.63) is 35.4 Å². The van der Waals surface area contributed by atoms with Crippen LogP contribution in [0.1, 0.15) is 43.7 Å². The fraction of sp³-hybridized carbons (Fsp3) is 0.571. The summed E-state index contributed by atoms with van der Waals surface area (Å²) in [5, 5.41) is 0. The van der Waals surface area contributed by atoms with Crippen LogP contribution < -0.4 is 5.73 Å². The van der Waals surface area contributed by atoms with E-state index in [0.717, 1.165) is 0 Å². The summed E-state index contributed by atoms with van der Waals surface area (Å²) >= 11 is 0. The van der Waals surface area contributed by atoms with Gasteiger partial charge in [-0.1, -0.05) is 37.1 Å². The van der Waals surface area contributed by atoms with E-state index in [-0.39, 0.29) is 5.54 Å². The first-order valence-corrected chi connectivity index (χ1v) is 6.03. The van der Waals surface area contributed by atoms with Gasteiger partial charge < -0.3 is 5.73 Å². The van der Waals surface area contributed by atoms with Gasteiger partial charge in [0.05, 0.1) is 0 Å². The lowest BCUT2D eigenvalue weighted by molar-refractivity contribution is 0.165. The Hall–Kier alpha value is -0.820.